The summed E-state index contributed by atoms with van der Waals surface area (Å²) < 4.78 is 0. The van der Waals surface area contributed by atoms with Gasteiger partial charge in [-0.3, -0.25) is 0 Å². The van der Waals surface area contributed by atoms with E-state index in [1.165, 1.54) is 16.5 Å². The lowest BCUT2D eigenvalue weighted by molar-refractivity contribution is 0.270. The van der Waals surface area contributed by atoms with E-state index in [9.17, 15) is 0 Å². The van der Waals surface area contributed by atoms with Gasteiger partial charge in [0.2, 0.25) is 0 Å². The molecule has 2 aromatic carbocycles. The molecule has 0 spiro atoms. The Kier molecular flexibility index (Phi) is 5.57. The summed E-state index contributed by atoms with van der Waals surface area (Å²) in [4.78, 5) is 9.86. The molecule has 4 rings (SSSR count). The molecule has 0 radical (unpaired) electrons. The molecule has 0 N–H and O–H groups in total. The van der Waals surface area contributed by atoms with E-state index in [-0.39, 0.29) is 12.4 Å². The highest BCUT2D eigenvalue weighted by molar-refractivity contribution is 5.96. The normalized spacial score (nSPS) is 15.2. The fourth-order valence-corrected chi connectivity index (χ4v) is 3.47. The van der Waals surface area contributed by atoms with Crippen molar-refractivity contribution in [3.8, 4) is 11.1 Å². The van der Waals surface area contributed by atoms with Crippen LogP contribution in [0.25, 0.3) is 22.0 Å². The van der Waals surface area contributed by atoms with Gasteiger partial charge in [-0.05, 0) is 29.8 Å². The van der Waals surface area contributed by atoms with Crippen LogP contribution in [-0.4, -0.2) is 42.6 Å². The van der Waals surface area contributed by atoms with Crippen molar-refractivity contribution in [1.82, 2.24) is 9.88 Å². The zero-order valence-electron chi connectivity index (χ0n) is 14.6. The van der Waals surface area contributed by atoms with Crippen molar-refractivity contribution in [3.05, 3.63) is 60.7 Å². The first-order valence-electron chi connectivity index (χ1n) is 8.77. The number of pyridine rings is 1. The highest BCUT2D eigenvalue weighted by Crippen LogP contribution is 2.31. The Bertz CT molecular complexity index is 827. The molecule has 0 bridgehead atoms. The van der Waals surface area contributed by atoms with Gasteiger partial charge >= 0.3 is 0 Å². The maximum absolute atomic E-state index is 4.94. The van der Waals surface area contributed by atoms with E-state index in [2.05, 4.69) is 77.4 Å². The highest BCUT2D eigenvalue weighted by atomic mass is 35.5. The van der Waals surface area contributed by atoms with E-state index in [4.69, 9.17) is 4.98 Å². The number of benzene rings is 2. The van der Waals surface area contributed by atoms with Crippen LogP contribution in [0, 0.1) is 0 Å². The summed E-state index contributed by atoms with van der Waals surface area (Å²) in [6.45, 7) is 7.70. The number of piperazine rings is 1. The van der Waals surface area contributed by atoms with Crippen molar-refractivity contribution in [2.45, 2.75) is 6.92 Å². The molecule has 2 heterocycles. The van der Waals surface area contributed by atoms with Crippen LogP contribution in [0.5, 0.6) is 0 Å². The van der Waals surface area contributed by atoms with E-state index >= 15 is 0 Å². The summed E-state index contributed by atoms with van der Waals surface area (Å²) in [6, 6.07) is 21.3. The summed E-state index contributed by atoms with van der Waals surface area (Å²) in [5, 5.41) is 1.22. The molecule has 25 heavy (non-hydrogen) atoms. The van der Waals surface area contributed by atoms with Gasteiger partial charge in [0.15, 0.2) is 0 Å². The van der Waals surface area contributed by atoms with Crippen LogP contribution in [0.2, 0.25) is 0 Å². The topological polar surface area (TPSA) is 19.4 Å². The number of hydrogen-bond donors (Lipinski definition) is 0. The van der Waals surface area contributed by atoms with E-state index < -0.39 is 0 Å². The van der Waals surface area contributed by atoms with Crippen LogP contribution in [0.15, 0.2) is 60.7 Å². The minimum atomic E-state index is 0. The van der Waals surface area contributed by atoms with E-state index in [1.807, 2.05) is 0 Å². The number of para-hydroxylation sites is 1. The summed E-state index contributed by atoms with van der Waals surface area (Å²) in [5.74, 6) is 1.10. The Morgan fingerprint density at radius 1 is 0.880 bits per heavy atom. The predicted molar refractivity (Wildman–Crippen MR) is 109 cm³/mol. The van der Waals surface area contributed by atoms with Gasteiger partial charge in [0.1, 0.15) is 5.82 Å². The summed E-state index contributed by atoms with van der Waals surface area (Å²) >= 11 is 0. The summed E-state index contributed by atoms with van der Waals surface area (Å²) in [5.41, 5.74) is 3.60. The molecule has 1 aliphatic heterocycles. The number of fused-ring (bicyclic) bond motifs is 1. The molecule has 0 unspecified atom stereocenters. The van der Waals surface area contributed by atoms with Gasteiger partial charge in [0, 0.05) is 31.6 Å². The van der Waals surface area contributed by atoms with Gasteiger partial charge in [-0.1, -0.05) is 55.5 Å². The van der Waals surface area contributed by atoms with Crippen LogP contribution in [0.1, 0.15) is 6.92 Å². The average molecular weight is 354 g/mol. The lowest BCUT2D eigenvalue weighted by Gasteiger charge is -2.35. The van der Waals surface area contributed by atoms with Gasteiger partial charge in [0.25, 0.3) is 0 Å². The van der Waals surface area contributed by atoms with E-state index in [0.717, 1.165) is 44.1 Å². The van der Waals surface area contributed by atoms with Crippen LogP contribution < -0.4 is 4.90 Å². The van der Waals surface area contributed by atoms with Crippen LogP contribution in [0.4, 0.5) is 5.82 Å². The smallest absolute Gasteiger partial charge is 0.129 e. The molecule has 1 fully saturated rings. The molecular weight excluding hydrogens is 330 g/mol. The first-order chi connectivity index (χ1) is 11.8. The van der Waals surface area contributed by atoms with Crippen molar-refractivity contribution in [3.63, 3.8) is 0 Å². The molecule has 0 aliphatic carbocycles. The van der Waals surface area contributed by atoms with Crippen molar-refractivity contribution < 1.29 is 0 Å². The second-order valence-corrected chi connectivity index (χ2v) is 6.33. The molecule has 3 aromatic rings. The van der Waals surface area contributed by atoms with Crippen molar-refractivity contribution in [1.29, 1.82) is 0 Å². The average Bonchev–Trinajstić information content (AvgIpc) is 2.68. The van der Waals surface area contributed by atoms with Crippen molar-refractivity contribution in [2.24, 2.45) is 0 Å². The Morgan fingerprint density at radius 2 is 1.56 bits per heavy atom. The first kappa shape index (κ1) is 17.7. The Balaban J connectivity index is 0.00000182. The highest BCUT2D eigenvalue weighted by Gasteiger charge is 2.18. The second kappa shape index (κ2) is 7.85. The van der Waals surface area contributed by atoms with Crippen LogP contribution in [-0.2, 0) is 0 Å². The third-order valence-corrected chi connectivity index (χ3v) is 4.93. The van der Waals surface area contributed by atoms with Gasteiger partial charge in [-0.15, -0.1) is 12.4 Å². The molecule has 1 aliphatic rings. The standard InChI is InChI=1S/C21H23N3.ClH/c1-2-23-12-14-24(15-13-23)21-16-19(17-8-4-3-5-9-17)18-10-6-7-11-20(18)22-21;/h3-11,16H,2,12-15H2,1H3;1H. The van der Waals surface area contributed by atoms with E-state index in [1.54, 1.807) is 0 Å². The number of halogens is 1. The molecule has 0 atom stereocenters. The maximum atomic E-state index is 4.94. The third-order valence-electron chi connectivity index (χ3n) is 4.93. The van der Waals surface area contributed by atoms with Gasteiger partial charge in [0.05, 0.1) is 5.52 Å². The predicted octanol–water partition coefficient (Wildman–Crippen LogP) is 4.47. The van der Waals surface area contributed by atoms with Crippen LogP contribution >= 0.6 is 12.4 Å². The fraction of sp³-hybridized carbons (Fsp3) is 0.286. The molecule has 0 amide bonds. The molecule has 0 saturated carbocycles. The SMILES string of the molecule is CCN1CCN(c2cc(-c3ccccc3)c3ccccc3n2)CC1.Cl. The molecule has 3 nitrogen and oxygen atoms in total. The second-order valence-electron chi connectivity index (χ2n) is 6.33. The van der Waals surface area contributed by atoms with Crippen molar-refractivity contribution >= 4 is 29.1 Å². The molecule has 4 heteroatoms. The molecule has 1 aromatic heterocycles. The molecular formula is C21H24ClN3. The monoisotopic (exact) mass is 353 g/mol. The Morgan fingerprint density at radius 3 is 2.28 bits per heavy atom. The van der Waals surface area contributed by atoms with Crippen LogP contribution in [0.3, 0.4) is 0 Å². The first-order valence-corrected chi connectivity index (χ1v) is 8.77. The zero-order valence-corrected chi connectivity index (χ0v) is 15.4. The number of likely N-dealkylation sites (N-methyl/N-ethyl adjacent to an activating group) is 1. The third kappa shape index (κ3) is 3.63. The maximum Gasteiger partial charge on any atom is 0.129 e. The zero-order chi connectivity index (χ0) is 16.4. The lowest BCUT2D eigenvalue weighted by Crippen LogP contribution is -2.46. The Hall–Kier alpha value is -2.10. The molecule has 130 valence electrons. The fourth-order valence-electron chi connectivity index (χ4n) is 3.47. The van der Waals surface area contributed by atoms with Gasteiger partial charge < -0.3 is 9.80 Å². The Labute approximate surface area is 155 Å². The number of rotatable bonds is 3. The summed E-state index contributed by atoms with van der Waals surface area (Å²) in [6.07, 6.45) is 0. The van der Waals surface area contributed by atoms with Crippen molar-refractivity contribution in [2.75, 3.05) is 37.6 Å². The lowest BCUT2D eigenvalue weighted by atomic mass is 10.0. The molecule has 1 saturated heterocycles. The quantitative estimate of drug-likeness (QED) is 0.692. The number of hydrogen-bond acceptors (Lipinski definition) is 3. The van der Waals surface area contributed by atoms with Gasteiger partial charge in [-0.25, -0.2) is 4.98 Å². The minimum Gasteiger partial charge on any atom is -0.354 e. The van der Waals surface area contributed by atoms with E-state index in [0.29, 0.717) is 0 Å². The number of aromatic nitrogens is 1. The number of anilines is 1. The van der Waals surface area contributed by atoms with Gasteiger partial charge in [-0.2, -0.15) is 0 Å². The summed E-state index contributed by atoms with van der Waals surface area (Å²) in [7, 11) is 0. The number of nitrogens with zero attached hydrogens (tertiary/aromatic N) is 3. The largest absolute Gasteiger partial charge is 0.354 e. The minimum absolute atomic E-state index is 0.